The number of nitrogens with one attached hydrogen (secondary N) is 2. The number of carbonyl (C=O) groups excluding carboxylic acids is 2. The van der Waals surface area contributed by atoms with Gasteiger partial charge in [0.2, 0.25) is 11.8 Å². The van der Waals surface area contributed by atoms with Crippen LogP contribution in [0.4, 0.5) is 13.2 Å². The van der Waals surface area contributed by atoms with Crippen LogP contribution in [0.25, 0.3) is 0 Å². The molecule has 4 aromatic rings. The minimum Gasteiger partial charge on any atom is -0.382 e. The van der Waals surface area contributed by atoms with E-state index in [4.69, 9.17) is 60.6 Å². The zero-order valence-electron chi connectivity index (χ0n) is 40.3. The number of carbonyl (C=O) groups is 2. The molecule has 0 aliphatic carbocycles. The zero-order valence-corrected chi connectivity index (χ0v) is 43.3. The lowest BCUT2D eigenvalue weighted by Crippen LogP contribution is -2.42. The molecule has 0 saturated carbocycles. The highest BCUT2D eigenvalue weighted by Crippen LogP contribution is 2.31. The van der Waals surface area contributed by atoms with Crippen molar-refractivity contribution in [2.75, 3.05) is 106 Å². The summed E-state index contributed by atoms with van der Waals surface area (Å²) in [5.41, 5.74) is 4.37. The van der Waals surface area contributed by atoms with Crippen LogP contribution in [0, 0.1) is 0 Å². The molecule has 2 saturated heterocycles. The molecule has 0 spiro atoms. The molecule has 2 aliphatic heterocycles. The Morgan fingerprint density at radius 2 is 1.15 bits per heavy atom. The van der Waals surface area contributed by atoms with Gasteiger partial charge in [0, 0.05) is 72.1 Å². The van der Waals surface area contributed by atoms with Gasteiger partial charge < -0.3 is 34.6 Å². The average Bonchev–Trinajstić information content (AvgIpc) is 4.01. The third-order valence-corrected chi connectivity index (χ3v) is 14.3. The molecule has 2 fully saturated rings. The van der Waals surface area contributed by atoms with Gasteiger partial charge in [-0.25, -0.2) is 0 Å². The fourth-order valence-corrected chi connectivity index (χ4v) is 9.67. The summed E-state index contributed by atoms with van der Waals surface area (Å²) in [7, 11) is 3.50. The van der Waals surface area contributed by atoms with Crippen LogP contribution >= 0.6 is 46.4 Å². The number of likely N-dealkylation sites (tertiary alicyclic amines) is 2. The van der Waals surface area contributed by atoms with E-state index in [2.05, 4.69) is 37.3 Å². The summed E-state index contributed by atoms with van der Waals surface area (Å²) in [6, 6.07) is 28.5. The number of ether oxygens (including phenoxy) is 4. The van der Waals surface area contributed by atoms with Gasteiger partial charge in [-0.2, -0.15) is 0 Å². The van der Waals surface area contributed by atoms with Crippen molar-refractivity contribution in [2.24, 2.45) is 0 Å². The van der Waals surface area contributed by atoms with Crippen LogP contribution in [-0.4, -0.2) is 156 Å². The smallest absolute Gasteiger partial charge is 0.382 e. The Bertz CT molecular complexity index is 2270. The highest BCUT2D eigenvalue weighted by atomic mass is 35.5. The summed E-state index contributed by atoms with van der Waals surface area (Å²) in [6.07, 6.45) is -2.62. The third-order valence-electron chi connectivity index (χ3n) is 12.8. The van der Waals surface area contributed by atoms with Gasteiger partial charge in [-0.15, -0.1) is 13.2 Å². The van der Waals surface area contributed by atoms with Gasteiger partial charge in [0.15, 0.2) is 0 Å². The highest BCUT2D eigenvalue weighted by molar-refractivity contribution is 6.42. The maximum atomic E-state index is 14.8. The van der Waals surface area contributed by atoms with Crippen LogP contribution in [0.1, 0.15) is 52.7 Å². The van der Waals surface area contributed by atoms with E-state index in [9.17, 15) is 22.8 Å². The fraction of sp³-hybridized carbons (Fsp3) is 0.500. The standard InChI is InChI=1S/C52H65Cl4F3N6O6/c1-62(50(66)30-38-10-14-44(53)46(55)28-38)48(35-63-20-16-42(33-63)60-18-22-69-25-24-68-2)41-12-8-37(9-13-41)32-65(51(67)31-39-11-15-45(54)47(56)29-39)49(40-6-4-3-5-7-40)36-64-21-17-43(34-64)61-19-23-70-26-27-71-52(57,58)59/h3-15,28-29,42-43,48-49,60-61H,16-27,30-36H2,1-2H3/t42-,43-,48+,49+/m0/s1. The van der Waals surface area contributed by atoms with Gasteiger partial charge in [0.05, 0.1) is 84.7 Å². The minimum atomic E-state index is -4.68. The van der Waals surface area contributed by atoms with Gasteiger partial charge in [-0.1, -0.05) is 113 Å². The van der Waals surface area contributed by atoms with Crippen LogP contribution in [0.3, 0.4) is 0 Å². The molecule has 2 aliphatic rings. The SMILES string of the molecule is COCCOCCN[C@H]1CCN(C[C@H](c2ccc(CN(C(=O)Cc3ccc(Cl)c(Cl)c3)[C@H](CN3CC[C@H](NCCOCCOC(F)(F)F)C3)c3ccccc3)cc2)N(C)C(=O)Cc2ccc(Cl)c(Cl)c2)C1. The van der Waals surface area contributed by atoms with E-state index in [0.717, 1.165) is 66.8 Å². The number of benzene rings is 4. The molecule has 388 valence electrons. The zero-order chi connectivity index (χ0) is 50.8. The quantitative estimate of drug-likeness (QED) is 0.0536. The maximum absolute atomic E-state index is 14.8. The molecule has 0 radical (unpaired) electrons. The fourth-order valence-electron chi connectivity index (χ4n) is 9.03. The molecule has 0 unspecified atom stereocenters. The van der Waals surface area contributed by atoms with Crippen molar-refractivity contribution in [3.05, 3.63) is 139 Å². The Hall–Kier alpha value is -3.55. The third kappa shape index (κ3) is 18.7. The molecule has 2 amide bonds. The molecule has 71 heavy (non-hydrogen) atoms. The maximum Gasteiger partial charge on any atom is 0.522 e. The average molecular weight is 1070 g/mol. The summed E-state index contributed by atoms with van der Waals surface area (Å²) in [5, 5.41) is 8.68. The van der Waals surface area contributed by atoms with E-state index >= 15 is 0 Å². The van der Waals surface area contributed by atoms with Crippen LogP contribution in [0.2, 0.25) is 20.1 Å². The highest BCUT2D eigenvalue weighted by Gasteiger charge is 2.33. The minimum absolute atomic E-state index is 0.0630. The van der Waals surface area contributed by atoms with Crippen molar-refractivity contribution in [1.82, 2.24) is 30.2 Å². The van der Waals surface area contributed by atoms with E-state index in [0.29, 0.717) is 72.6 Å². The number of rotatable bonds is 28. The Morgan fingerprint density at radius 1 is 0.648 bits per heavy atom. The molecule has 0 bridgehead atoms. The number of amides is 2. The summed E-state index contributed by atoms with van der Waals surface area (Å²) in [4.78, 5) is 37.4. The van der Waals surface area contributed by atoms with Crippen molar-refractivity contribution in [1.29, 1.82) is 0 Å². The van der Waals surface area contributed by atoms with Crippen molar-refractivity contribution >= 4 is 58.2 Å². The second-order valence-corrected chi connectivity index (χ2v) is 19.6. The lowest BCUT2D eigenvalue weighted by atomic mass is 9.99. The Labute approximate surface area is 435 Å². The predicted molar refractivity (Wildman–Crippen MR) is 273 cm³/mol. The summed E-state index contributed by atoms with van der Waals surface area (Å²) < 4.78 is 56.9. The number of hydrogen-bond donors (Lipinski definition) is 2. The normalized spacial score (nSPS) is 17.4. The van der Waals surface area contributed by atoms with Gasteiger partial charge in [-0.3, -0.25) is 24.1 Å². The first-order valence-corrected chi connectivity index (χ1v) is 25.5. The monoisotopic (exact) mass is 1070 g/mol. The predicted octanol–water partition coefficient (Wildman–Crippen LogP) is 8.90. The van der Waals surface area contributed by atoms with Crippen molar-refractivity contribution in [3.63, 3.8) is 0 Å². The first-order chi connectivity index (χ1) is 34.1. The lowest BCUT2D eigenvalue weighted by Gasteiger charge is -2.36. The molecule has 2 heterocycles. The van der Waals surface area contributed by atoms with Gasteiger partial charge in [0.25, 0.3) is 0 Å². The van der Waals surface area contributed by atoms with E-state index in [1.54, 1.807) is 31.4 Å². The van der Waals surface area contributed by atoms with E-state index in [-0.39, 0.29) is 62.0 Å². The number of methoxy groups -OCH3 is 1. The van der Waals surface area contributed by atoms with Crippen LogP contribution < -0.4 is 10.6 Å². The summed E-state index contributed by atoms with van der Waals surface area (Å²) in [5.74, 6) is -0.155. The number of nitrogens with zero attached hydrogens (tertiary/aromatic N) is 4. The van der Waals surface area contributed by atoms with Gasteiger partial charge >= 0.3 is 6.36 Å². The molecule has 6 rings (SSSR count). The number of hydrogen-bond acceptors (Lipinski definition) is 10. The summed E-state index contributed by atoms with van der Waals surface area (Å²) in [6.45, 7) is 7.09. The molecule has 0 aromatic heterocycles. The topological polar surface area (TPSA) is 108 Å². The Balaban J connectivity index is 1.20. The Kier molecular flexibility index (Phi) is 23.0. The first kappa shape index (κ1) is 56.7. The molecular formula is C52H65Cl4F3N6O6. The van der Waals surface area contributed by atoms with Crippen LogP contribution in [0.15, 0.2) is 91.0 Å². The van der Waals surface area contributed by atoms with E-state index in [1.807, 2.05) is 71.4 Å². The molecule has 19 heteroatoms. The van der Waals surface area contributed by atoms with Gasteiger partial charge in [0.1, 0.15) is 0 Å². The molecule has 4 aromatic carbocycles. The van der Waals surface area contributed by atoms with Crippen LogP contribution in [0.5, 0.6) is 0 Å². The number of halogens is 7. The van der Waals surface area contributed by atoms with E-state index in [1.165, 1.54) is 0 Å². The lowest BCUT2D eigenvalue weighted by molar-refractivity contribution is -0.327. The first-order valence-electron chi connectivity index (χ1n) is 24.0. The van der Waals surface area contributed by atoms with Crippen LogP contribution in [-0.2, 0) is 47.9 Å². The summed E-state index contributed by atoms with van der Waals surface area (Å²) >= 11 is 25.3. The largest absolute Gasteiger partial charge is 0.522 e. The Morgan fingerprint density at radius 3 is 1.69 bits per heavy atom. The van der Waals surface area contributed by atoms with E-state index < -0.39 is 13.0 Å². The number of alkyl halides is 3. The molecular weight excluding hydrogens is 1000 g/mol. The second-order valence-electron chi connectivity index (χ2n) is 18.0. The van der Waals surface area contributed by atoms with Crippen molar-refractivity contribution in [3.8, 4) is 0 Å². The number of likely N-dealkylation sites (N-methyl/N-ethyl adjacent to an activating group) is 1. The molecule has 12 nitrogen and oxygen atoms in total. The molecule has 4 atom stereocenters. The second kappa shape index (κ2) is 28.8. The van der Waals surface area contributed by atoms with Crippen molar-refractivity contribution < 1.29 is 41.7 Å². The molecule has 2 N–H and O–H groups in total. The van der Waals surface area contributed by atoms with Gasteiger partial charge in [-0.05, 0) is 78.0 Å². The van der Waals surface area contributed by atoms with Crippen molar-refractivity contribution in [2.45, 2.75) is 62.8 Å².